The van der Waals surface area contributed by atoms with Gasteiger partial charge >= 0.3 is 0 Å². The molecule has 1 unspecified atom stereocenters. The standard InChI is InChI=1S/C15H21NO/c1-16-15(13-7-3-2-4-8-13)10-6-5-9-14(15)11-12-17-14/h2-4,7-8,16H,5-6,9-12H2,1H3/t14?,15-/m0/s1. The van der Waals surface area contributed by atoms with Crippen molar-refractivity contribution in [2.45, 2.75) is 43.2 Å². The molecule has 0 amide bonds. The lowest BCUT2D eigenvalue weighted by molar-refractivity contribution is -0.217. The Morgan fingerprint density at radius 3 is 2.35 bits per heavy atom. The Morgan fingerprint density at radius 1 is 1.06 bits per heavy atom. The summed E-state index contributed by atoms with van der Waals surface area (Å²) in [4.78, 5) is 0. The van der Waals surface area contributed by atoms with Gasteiger partial charge in [0, 0.05) is 6.42 Å². The van der Waals surface area contributed by atoms with Crippen molar-refractivity contribution in [3.63, 3.8) is 0 Å². The Balaban J connectivity index is 2.05. The minimum atomic E-state index is 0.0325. The highest BCUT2D eigenvalue weighted by Gasteiger charge is 2.57. The van der Waals surface area contributed by atoms with Crippen molar-refractivity contribution in [1.29, 1.82) is 0 Å². The molecular formula is C15H21NO. The summed E-state index contributed by atoms with van der Waals surface area (Å²) in [5, 5.41) is 3.60. The van der Waals surface area contributed by atoms with Gasteiger partial charge < -0.3 is 10.1 Å². The van der Waals surface area contributed by atoms with Gasteiger partial charge in [-0.3, -0.25) is 0 Å². The van der Waals surface area contributed by atoms with E-state index in [2.05, 4.69) is 42.7 Å². The van der Waals surface area contributed by atoms with Gasteiger partial charge in [-0.15, -0.1) is 0 Å². The van der Waals surface area contributed by atoms with Gasteiger partial charge in [-0.1, -0.05) is 43.2 Å². The number of benzene rings is 1. The first kappa shape index (κ1) is 11.2. The van der Waals surface area contributed by atoms with Crippen molar-refractivity contribution < 1.29 is 4.74 Å². The first-order valence-corrected chi connectivity index (χ1v) is 6.71. The summed E-state index contributed by atoms with van der Waals surface area (Å²) in [5.41, 5.74) is 1.48. The van der Waals surface area contributed by atoms with Gasteiger partial charge in [0.05, 0.1) is 17.7 Å². The van der Waals surface area contributed by atoms with E-state index in [4.69, 9.17) is 4.74 Å². The average molecular weight is 231 g/mol. The Labute approximate surface area is 103 Å². The largest absolute Gasteiger partial charge is 0.373 e. The van der Waals surface area contributed by atoms with Crippen molar-refractivity contribution >= 4 is 0 Å². The lowest BCUT2D eigenvalue weighted by atomic mass is 9.62. The maximum absolute atomic E-state index is 6.06. The highest BCUT2D eigenvalue weighted by Crippen LogP contribution is 2.52. The van der Waals surface area contributed by atoms with Gasteiger partial charge in [0.15, 0.2) is 0 Å². The molecule has 1 N–H and O–H groups in total. The Bertz CT molecular complexity index is 385. The molecule has 2 heteroatoms. The third kappa shape index (κ3) is 1.47. The smallest absolute Gasteiger partial charge is 0.0926 e. The fourth-order valence-electron chi connectivity index (χ4n) is 3.75. The van der Waals surface area contributed by atoms with Gasteiger partial charge in [-0.25, -0.2) is 0 Å². The maximum Gasteiger partial charge on any atom is 0.0926 e. The molecule has 2 nitrogen and oxygen atoms in total. The zero-order valence-electron chi connectivity index (χ0n) is 10.5. The van der Waals surface area contributed by atoms with Crippen LogP contribution < -0.4 is 5.32 Å². The molecule has 1 aliphatic heterocycles. The van der Waals surface area contributed by atoms with Crippen LogP contribution in [0.15, 0.2) is 30.3 Å². The van der Waals surface area contributed by atoms with Crippen molar-refractivity contribution in [2.75, 3.05) is 13.7 Å². The predicted molar refractivity (Wildman–Crippen MR) is 68.9 cm³/mol. The molecule has 1 saturated heterocycles. The summed E-state index contributed by atoms with van der Waals surface area (Å²) in [7, 11) is 2.09. The third-order valence-corrected chi connectivity index (χ3v) is 4.74. The molecule has 2 atom stereocenters. The van der Waals surface area contributed by atoms with Crippen LogP contribution in [0.3, 0.4) is 0 Å². The van der Waals surface area contributed by atoms with Crippen LogP contribution >= 0.6 is 0 Å². The van der Waals surface area contributed by atoms with Gasteiger partial charge in [-0.2, -0.15) is 0 Å². The predicted octanol–water partition coefficient (Wildman–Crippen LogP) is 2.83. The van der Waals surface area contributed by atoms with E-state index < -0.39 is 0 Å². The van der Waals surface area contributed by atoms with Crippen LogP contribution in [0.1, 0.15) is 37.7 Å². The second kappa shape index (κ2) is 4.11. The van der Waals surface area contributed by atoms with E-state index in [1.54, 1.807) is 0 Å². The van der Waals surface area contributed by atoms with Gasteiger partial charge in [0.2, 0.25) is 0 Å². The first-order chi connectivity index (χ1) is 8.33. The van der Waals surface area contributed by atoms with Crippen molar-refractivity contribution in [3.05, 3.63) is 35.9 Å². The Kier molecular flexibility index (Phi) is 2.72. The Hall–Kier alpha value is -0.860. The molecule has 0 radical (unpaired) electrons. The van der Waals surface area contributed by atoms with E-state index in [9.17, 15) is 0 Å². The van der Waals surface area contributed by atoms with Crippen molar-refractivity contribution in [2.24, 2.45) is 0 Å². The molecule has 1 saturated carbocycles. The minimum Gasteiger partial charge on any atom is -0.373 e. The normalized spacial score (nSPS) is 36.8. The van der Waals surface area contributed by atoms with Crippen LogP contribution in [0.4, 0.5) is 0 Å². The minimum absolute atomic E-state index is 0.0325. The number of nitrogens with one attached hydrogen (secondary N) is 1. The van der Waals surface area contributed by atoms with Crippen LogP contribution in [0, 0.1) is 0 Å². The molecule has 2 fully saturated rings. The number of rotatable bonds is 2. The molecule has 1 aromatic carbocycles. The number of likely N-dealkylation sites (N-methyl/N-ethyl adjacent to an activating group) is 1. The van der Waals surface area contributed by atoms with Gasteiger partial charge in [0.25, 0.3) is 0 Å². The summed E-state index contributed by atoms with van der Waals surface area (Å²) >= 11 is 0. The van der Waals surface area contributed by atoms with Crippen LogP contribution in [-0.4, -0.2) is 19.3 Å². The summed E-state index contributed by atoms with van der Waals surface area (Å²) in [6.45, 7) is 0.927. The Morgan fingerprint density at radius 2 is 1.76 bits per heavy atom. The molecule has 2 aliphatic rings. The van der Waals surface area contributed by atoms with E-state index in [-0.39, 0.29) is 11.1 Å². The monoisotopic (exact) mass is 231 g/mol. The molecular weight excluding hydrogens is 210 g/mol. The van der Waals surface area contributed by atoms with E-state index in [0.29, 0.717) is 0 Å². The van der Waals surface area contributed by atoms with E-state index in [1.165, 1.54) is 37.7 Å². The van der Waals surface area contributed by atoms with Crippen LogP contribution in [0.2, 0.25) is 0 Å². The summed E-state index contributed by atoms with van der Waals surface area (Å²) in [5.74, 6) is 0. The average Bonchev–Trinajstić information content (AvgIpc) is 2.37. The molecule has 92 valence electrons. The fourth-order valence-corrected chi connectivity index (χ4v) is 3.75. The van der Waals surface area contributed by atoms with E-state index in [0.717, 1.165) is 6.61 Å². The molecule has 1 spiro atoms. The highest BCUT2D eigenvalue weighted by molar-refractivity contribution is 5.31. The second-order valence-electron chi connectivity index (χ2n) is 5.32. The number of hydrogen-bond acceptors (Lipinski definition) is 2. The lowest BCUT2D eigenvalue weighted by Gasteiger charge is -2.58. The first-order valence-electron chi connectivity index (χ1n) is 6.71. The third-order valence-electron chi connectivity index (χ3n) is 4.74. The van der Waals surface area contributed by atoms with Crippen LogP contribution in [0.5, 0.6) is 0 Å². The summed E-state index contributed by atoms with van der Waals surface area (Å²) in [6, 6.07) is 10.8. The molecule has 1 heterocycles. The quantitative estimate of drug-likeness (QED) is 0.845. The van der Waals surface area contributed by atoms with Gasteiger partial charge in [0.1, 0.15) is 0 Å². The van der Waals surface area contributed by atoms with Crippen molar-refractivity contribution in [1.82, 2.24) is 5.32 Å². The second-order valence-corrected chi connectivity index (χ2v) is 5.32. The van der Waals surface area contributed by atoms with Crippen LogP contribution in [-0.2, 0) is 10.3 Å². The lowest BCUT2D eigenvalue weighted by Crippen LogP contribution is -2.66. The molecule has 1 aromatic rings. The summed E-state index contributed by atoms with van der Waals surface area (Å²) < 4.78 is 6.06. The maximum atomic E-state index is 6.06. The van der Waals surface area contributed by atoms with Crippen LogP contribution in [0.25, 0.3) is 0 Å². The highest BCUT2D eigenvalue weighted by atomic mass is 16.5. The van der Waals surface area contributed by atoms with Crippen molar-refractivity contribution in [3.8, 4) is 0 Å². The summed E-state index contributed by atoms with van der Waals surface area (Å²) in [6.07, 6.45) is 6.18. The van der Waals surface area contributed by atoms with E-state index >= 15 is 0 Å². The number of hydrogen-bond donors (Lipinski definition) is 1. The van der Waals surface area contributed by atoms with Gasteiger partial charge in [-0.05, 0) is 25.5 Å². The zero-order chi connectivity index (χ0) is 11.8. The zero-order valence-corrected chi connectivity index (χ0v) is 10.5. The topological polar surface area (TPSA) is 21.3 Å². The molecule has 0 aromatic heterocycles. The van der Waals surface area contributed by atoms with E-state index in [1.807, 2.05) is 0 Å². The molecule has 17 heavy (non-hydrogen) atoms. The number of ether oxygens (including phenoxy) is 1. The SMILES string of the molecule is CN[C@]1(c2ccccc2)CCCCC12CCO2. The molecule has 3 rings (SSSR count). The fraction of sp³-hybridized carbons (Fsp3) is 0.600. The molecule has 1 aliphatic carbocycles. The molecule has 0 bridgehead atoms.